The average molecular weight is 323 g/mol. The molecule has 1 rings (SSSR count). The van der Waals surface area contributed by atoms with Gasteiger partial charge in [-0.25, -0.2) is 10.2 Å². The minimum absolute atomic E-state index is 0.0424. The third kappa shape index (κ3) is 4.89. The van der Waals surface area contributed by atoms with Crippen molar-refractivity contribution in [3.05, 3.63) is 29.8 Å². The molecule has 0 heterocycles. The van der Waals surface area contributed by atoms with Crippen molar-refractivity contribution in [2.75, 3.05) is 18.6 Å². The molecule has 0 radical (unpaired) electrons. The Morgan fingerprint density at radius 3 is 2.60 bits per heavy atom. The summed E-state index contributed by atoms with van der Waals surface area (Å²) in [4.78, 5) is 11.6. The van der Waals surface area contributed by atoms with Gasteiger partial charge in [0.25, 0.3) is 0 Å². The van der Waals surface area contributed by atoms with Gasteiger partial charge in [-0.05, 0) is 24.5 Å². The molecule has 0 aliphatic heterocycles. The molecule has 2 amide bonds. The van der Waals surface area contributed by atoms with E-state index in [1.165, 1.54) is 36.0 Å². The maximum absolute atomic E-state index is 12.5. The first-order valence-electron chi connectivity index (χ1n) is 5.30. The number of nitrogens with zero attached hydrogens (tertiary/aromatic N) is 1. The largest absolute Gasteiger partial charge is 0.416 e. The fourth-order valence-electron chi connectivity index (χ4n) is 1.27. The van der Waals surface area contributed by atoms with Crippen LogP contribution in [0.4, 0.5) is 23.7 Å². The number of thioether (sulfide) groups is 1. The maximum Gasteiger partial charge on any atom is 0.416 e. The molecule has 0 saturated heterocycles. The molecule has 1 aromatic rings. The molecule has 0 saturated carbocycles. The van der Waals surface area contributed by atoms with Gasteiger partial charge >= 0.3 is 12.2 Å². The van der Waals surface area contributed by atoms with E-state index in [0.29, 0.717) is 4.32 Å². The van der Waals surface area contributed by atoms with Crippen molar-refractivity contribution >= 4 is 40.0 Å². The summed E-state index contributed by atoms with van der Waals surface area (Å²) in [7, 11) is 1.53. The van der Waals surface area contributed by atoms with Crippen LogP contribution in [0.5, 0.6) is 0 Å². The van der Waals surface area contributed by atoms with E-state index >= 15 is 0 Å². The number of rotatable bonds is 1. The Hall–Kier alpha value is -1.48. The second-order valence-electron chi connectivity index (χ2n) is 3.67. The number of carbonyl (C=O) groups excluding carboxylic acids is 1. The van der Waals surface area contributed by atoms with E-state index in [1.54, 1.807) is 6.26 Å². The van der Waals surface area contributed by atoms with Gasteiger partial charge in [0.1, 0.15) is 0 Å². The van der Waals surface area contributed by atoms with Crippen molar-refractivity contribution in [2.45, 2.75) is 6.18 Å². The zero-order chi connectivity index (χ0) is 15.3. The van der Waals surface area contributed by atoms with E-state index in [2.05, 4.69) is 10.7 Å². The number of nitrogens with one attached hydrogen (secondary N) is 2. The molecule has 0 aliphatic rings. The summed E-state index contributed by atoms with van der Waals surface area (Å²) in [6.45, 7) is 0. The van der Waals surface area contributed by atoms with Gasteiger partial charge in [-0.2, -0.15) is 13.2 Å². The minimum Gasteiger partial charge on any atom is -0.307 e. The minimum atomic E-state index is -4.45. The molecule has 0 spiro atoms. The standard InChI is InChI=1S/C11H12F3N3OS2/c1-17(10(19)20-2)16-9(18)15-8-5-3-4-7(6-8)11(12,13)14/h3-6H,1-2H3,(H2,15,16,18). The lowest BCUT2D eigenvalue weighted by molar-refractivity contribution is -0.137. The molecular weight excluding hydrogens is 311 g/mol. The summed E-state index contributed by atoms with van der Waals surface area (Å²) >= 11 is 6.18. The predicted octanol–water partition coefficient (Wildman–Crippen LogP) is 3.32. The molecule has 0 bridgehead atoms. The van der Waals surface area contributed by atoms with Gasteiger partial charge in [-0.3, -0.25) is 5.01 Å². The Kier molecular flexibility index (Phi) is 5.63. The van der Waals surface area contributed by atoms with Crippen molar-refractivity contribution in [3.8, 4) is 0 Å². The van der Waals surface area contributed by atoms with Gasteiger partial charge in [0.05, 0.1) is 5.56 Å². The average Bonchev–Trinajstić information content (AvgIpc) is 2.36. The fraction of sp³-hybridized carbons (Fsp3) is 0.273. The number of thiocarbonyl (C=S) groups is 1. The number of urea groups is 1. The highest BCUT2D eigenvalue weighted by Gasteiger charge is 2.30. The van der Waals surface area contributed by atoms with Crippen molar-refractivity contribution in [2.24, 2.45) is 0 Å². The quantitative estimate of drug-likeness (QED) is 0.615. The lowest BCUT2D eigenvalue weighted by Crippen LogP contribution is -2.43. The summed E-state index contributed by atoms with van der Waals surface area (Å²) in [5, 5.41) is 3.60. The van der Waals surface area contributed by atoms with E-state index in [0.717, 1.165) is 12.1 Å². The molecule has 0 aromatic heterocycles. The number of hydrogen-bond donors (Lipinski definition) is 2. The van der Waals surface area contributed by atoms with E-state index in [4.69, 9.17) is 12.2 Å². The van der Waals surface area contributed by atoms with Crippen LogP contribution < -0.4 is 10.7 Å². The van der Waals surface area contributed by atoms with Gasteiger partial charge < -0.3 is 5.32 Å². The van der Waals surface area contributed by atoms with Crippen LogP contribution in [-0.4, -0.2) is 28.7 Å². The highest BCUT2D eigenvalue weighted by molar-refractivity contribution is 8.22. The number of carbonyl (C=O) groups is 1. The van der Waals surface area contributed by atoms with Crippen LogP contribution in [0.25, 0.3) is 0 Å². The van der Waals surface area contributed by atoms with Crippen LogP contribution in [0.1, 0.15) is 5.56 Å². The van der Waals surface area contributed by atoms with Crippen molar-refractivity contribution < 1.29 is 18.0 Å². The summed E-state index contributed by atoms with van der Waals surface area (Å²) in [6, 6.07) is 3.68. The Morgan fingerprint density at radius 1 is 1.40 bits per heavy atom. The van der Waals surface area contributed by atoms with E-state index in [9.17, 15) is 18.0 Å². The van der Waals surface area contributed by atoms with Crippen molar-refractivity contribution in [1.82, 2.24) is 10.4 Å². The highest BCUT2D eigenvalue weighted by Crippen LogP contribution is 2.30. The Balaban J connectivity index is 2.69. The van der Waals surface area contributed by atoms with Gasteiger partial charge in [-0.1, -0.05) is 30.0 Å². The summed E-state index contributed by atoms with van der Waals surface area (Å²) < 4.78 is 38.0. The second kappa shape index (κ2) is 6.80. The van der Waals surface area contributed by atoms with Crippen LogP contribution in [0.2, 0.25) is 0 Å². The molecule has 1 aromatic carbocycles. The molecule has 4 nitrogen and oxygen atoms in total. The van der Waals surface area contributed by atoms with Gasteiger partial charge in [0, 0.05) is 12.7 Å². The number of amides is 2. The number of halogens is 3. The third-order valence-electron chi connectivity index (χ3n) is 2.17. The first kappa shape index (κ1) is 16.6. The molecule has 2 N–H and O–H groups in total. The first-order chi connectivity index (χ1) is 9.24. The lowest BCUT2D eigenvalue weighted by atomic mass is 10.2. The zero-order valence-electron chi connectivity index (χ0n) is 10.6. The van der Waals surface area contributed by atoms with Gasteiger partial charge in [0.15, 0.2) is 4.32 Å². The molecule has 0 unspecified atom stereocenters. The number of hydrogen-bond acceptors (Lipinski definition) is 3. The molecule has 9 heteroatoms. The number of benzene rings is 1. The van der Waals surface area contributed by atoms with Crippen LogP contribution in [0.15, 0.2) is 24.3 Å². The second-order valence-corrected chi connectivity index (χ2v) is 5.11. The lowest BCUT2D eigenvalue weighted by Gasteiger charge is -2.19. The van der Waals surface area contributed by atoms with Gasteiger partial charge in [0.2, 0.25) is 0 Å². The zero-order valence-corrected chi connectivity index (χ0v) is 12.2. The smallest absolute Gasteiger partial charge is 0.307 e. The van der Waals surface area contributed by atoms with Crippen LogP contribution in [0.3, 0.4) is 0 Å². The van der Waals surface area contributed by atoms with Crippen LogP contribution >= 0.6 is 24.0 Å². The first-order valence-corrected chi connectivity index (χ1v) is 6.94. The molecule has 110 valence electrons. The van der Waals surface area contributed by atoms with E-state index < -0.39 is 17.8 Å². The molecule has 0 aliphatic carbocycles. The van der Waals surface area contributed by atoms with Gasteiger partial charge in [-0.15, -0.1) is 0 Å². The van der Waals surface area contributed by atoms with Crippen molar-refractivity contribution in [1.29, 1.82) is 0 Å². The van der Waals surface area contributed by atoms with Crippen LogP contribution in [0, 0.1) is 0 Å². The third-order valence-corrected chi connectivity index (χ3v) is 3.56. The topological polar surface area (TPSA) is 44.4 Å². The number of anilines is 1. The Bertz CT molecular complexity index is 508. The Labute approximate surface area is 123 Å². The monoisotopic (exact) mass is 323 g/mol. The fourth-order valence-corrected chi connectivity index (χ4v) is 1.63. The normalized spacial score (nSPS) is 10.8. The summed E-state index contributed by atoms with van der Waals surface area (Å²) in [5.41, 5.74) is 1.59. The Morgan fingerprint density at radius 2 is 2.05 bits per heavy atom. The van der Waals surface area contributed by atoms with Crippen molar-refractivity contribution in [3.63, 3.8) is 0 Å². The molecular formula is C11H12F3N3OS2. The summed E-state index contributed by atoms with van der Waals surface area (Å²) in [5.74, 6) is 0. The predicted molar refractivity (Wildman–Crippen MR) is 77.5 cm³/mol. The number of hydrazine groups is 1. The molecule has 0 fully saturated rings. The van der Waals surface area contributed by atoms with E-state index in [-0.39, 0.29) is 5.69 Å². The maximum atomic E-state index is 12.5. The number of alkyl halides is 3. The van der Waals surface area contributed by atoms with Crippen LogP contribution in [-0.2, 0) is 6.18 Å². The SMILES string of the molecule is CSC(=S)N(C)NC(=O)Nc1cccc(C(F)(F)F)c1. The highest BCUT2D eigenvalue weighted by atomic mass is 32.2. The molecule has 20 heavy (non-hydrogen) atoms. The summed E-state index contributed by atoms with van der Waals surface area (Å²) in [6.07, 6.45) is -2.71. The molecule has 0 atom stereocenters. The van der Waals surface area contributed by atoms with E-state index in [1.807, 2.05) is 0 Å².